The SMILES string of the molecule is CCCCN(c1cccc(F)n1)C1CC1. The highest BCUT2D eigenvalue weighted by Crippen LogP contribution is 2.30. The molecule has 0 saturated heterocycles. The van der Waals surface area contributed by atoms with Gasteiger partial charge in [0.25, 0.3) is 0 Å². The molecular formula is C12H17FN2. The van der Waals surface area contributed by atoms with Gasteiger partial charge in [0.1, 0.15) is 5.82 Å². The highest BCUT2D eigenvalue weighted by atomic mass is 19.1. The maximum absolute atomic E-state index is 13.0. The van der Waals surface area contributed by atoms with Crippen LogP contribution in [0.2, 0.25) is 0 Å². The molecule has 1 aromatic rings. The molecule has 1 aromatic heterocycles. The first-order chi connectivity index (χ1) is 7.31. The number of anilines is 1. The second-order valence-corrected chi connectivity index (χ2v) is 4.10. The number of pyridine rings is 1. The second kappa shape index (κ2) is 4.60. The van der Waals surface area contributed by atoms with Gasteiger partial charge in [-0.15, -0.1) is 0 Å². The Hall–Kier alpha value is -1.12. The average molecular weight is 208 g/mol. The van der Waals surface area contributed by atoms with Crippen LogP contribution >= 0.6 is 0 Å². The molecule has 1 aliphatic carbocycles. The molecule has 15 heavy (non-hydrogen) atoms. The van der Waals surface area contributed by atoms with Gasteiger partial charge in [0.15, 0.2) is 0 Å². The van der Waals surface area contributed by atoms with Crippen molar-refractivity contribution in [3.05, 3.63) is 24.1 Å². The zero-order valence-corrected chi connectivity index (χ0v) is 9.12. The molecule has 1 fully saturated rings. The Balaban J connectivity index is 2.09. The topological polar surface area (TPSA) is 16.1 Å². The molecule has 0 aromatic carbocycles. The van der Waals surface area contributed by atoms with Gasteiger partial charge in [-0.05, 0) is 31.4 Å². The van der Waals surface area contributed by atoms with E-state index in [2.05, 4.69) is 16.8 Å². The monoisotopic (exact) mass is 208 g/mol. The molecule has 0 amide bonds. The largest absolute Gasteiger partial charge is 0.354 e. The molecule has 1 saturated carbocycles. The Kier molecular flexibility index (Phi) is 3.19. The minimum absolute atomic E-state index is 0.380. The molecule has 0 radical (unpaired) electrons. The van der Waals surface area contributed by atoms with E-state index in [1.165, 1.54) is 25.3 Å². The molecule has 0 N–H and O–H groups in total. The number of halogens is 1. The van der Waals surface area contributed by atoms with Gasteiger partial charge >= 0.3 is 0 Å². The van der Waals surface area contributed by atoms with E-state index in [9.17, 15) is 4.39 Å². The fourth-order valence-corrected chi connectivity index (χ4v) is 1.76. The molecule has 3 heteroatoms. The van der Waals surface area contributed by atoms with Crippen LogP contribution in [0.3, 0.4) is 0 Å². The first-order valence-electron chi connectivity index (χ1n) is 5.70. The third-order valence-electron chi connectivity index (χ3n) is 2.73. The van der Waals surface area contributed by atoms with Crippen LogP contribution in [0.1, 0.15) is 32.6 Å². The van der Waals surface area contributed by atoms with Gasteiger partial charge in [-0.25, -0.2) is 4.98 Å². The lowest BCUT2D eigenvalue weighted by Crippen LogP contribution is -2.27. The van der Waals surface area contributed by atoms with Gasteiger partial charge in [0.05, 0.1) is 0 Å². The van der Waals surface area contributed by atoms with E-state index in [0.717, 1.165) is 18.8 Å². The van der Waals surface area contributed by atoms with Crippen molar-refractivity contribution in [2.24, 2.45) is 0 Å². The number of hydrogen-bond acceptors (Lipinski definition) is 2. The van der Waals surface area contributed by atoms with Gasteiger partial charge in [-0.1, -0.05) is 19.4 Å². The van der Waals surface area contributed by atoms with Crippen LogP contribution in [0.5, 0.6) is 0 Å². The number of nitrogens with zero attached hydrogens (tertiary/aromatic N) is 2. The molecule has 1 heterocycles. The fourth-order valence-electron chi connectivity index (χ4n) is 1.76. The number of rotatable bonds is 5. The van der Waals surface area contributed by atoms with Crippen molar-refractivity contribution < 1.29 is 4.39 Å². The third kappa shape index (κ3) is 2.67. The Morgan fingerprint density at radius 1 is 1.47 bits per heavy atom. The second-order valence-electron chi connectivity index (χ2n) is 4.10. The minimum atomic E-state index is -0.380. The summed E-state index contributed by atoms with van der Waals surface area (Å²) >= 11 is 0. The highest BCUT2D eigenvalue weighted by molar-refractivity contribution is 5.40. The maximum Gasteiger partial charge on any atom is 0.214 e. The van der Waals surface area contributed by atoms with E-state index in [0.29, 0.717) is 6.04 Å². The van der Waals surface area contributed by atoms with Crippen molar-refractivity contribution in [3.63, 3.8) is 0 Å². The Morgan fingerprint density at radius 2 is 2.27 bits per heavy atom. The lowest BCUT2D eigenvalue weighted by atomic mass is 10.3. The van der Waals surface area contributed by atoms with Crippen LogP contribution in [0.4, 0.5) is 10.2 Å². The van der Waals surface area contributed by atoms with Crippen molar-refractivity contribution in [1.82, 2.24) is 4.98 Å². The number of aromatic nitrogens is 1. The van der Waals surface area contributed by atoms with Crippen molar-refractivity contribution in [3.8, 4) is 0 Å². The standard InChI is InChI=1S/C12H17FN2/c1-2-3-9-15(10-7-8-10)12-6-4-5-11(13)14-12/h4-6,10H,2-3,7-9H2,1H3. The fraction of sp³-hybridized carbons (Fsp3) is 0.583. The third-order valence-corrected chi connectivity index (χ3v) is 2.73. The quantitative estimate of drug-likeness (QED) is 0.691. The summed E-state index contributed by atoms with van der Waals surface area (Å²) in [5.41, 5.74) is 0. The Bertz CT molecular complexity index is 323. The van der Waals surface area contributed by atoms with Crippen molar-refractivity contribution in [1.29, 1.82) is 0 Å². The summed E-state index contributed by atoms with van der Waals surface area (Å²) in [4.78, 5) is 6.19. The summed E-state index contributed by atoms with van der Waals surface area (Å²) in [5, 5.41) is 0. The first kappa shape index (κ1) is 10.4. The molecule has 2 rings (SSSR count). The van der Waals surface area contributed by atoms with Crippen molar-refractivity contribution >= 4 is 5.82 Å². The lowest BCUT2D eigenvalue weighted by molar-refractivity contribution is 0.578. The maximum atomic E-state index is 13.0. The van der Waals surface area contributed by atoms with Gasteiger partial charge < -0.3 is 4.90 Å². The molecule has 2 nitrogen and oxygen atoms in total. The lowest BCUT2D eigenvalue weighted by Gasteiger charge is -2.23. The zero-order chi connectivity index (χ0) is 10.7. The normalized spacial score (nSPS) is 15.3. The molecule has 1 aliphatic rings. The van der Waals surface area contributed by atoms with Crippen LogP contribution in [-0.4, -0.2) is 17.6 Å². The van der Waals surface area contributed by atoms with Crippen molar-refractivity contribution in [2.75, 3.05) is 11.4 Å². The van der Waals surface area contributed by atoms with Crippen LogP contribution in [0.15, 0.2) is 18.2 Å². The van der Waals surface area contributed by atoms with Gasteiger partial charge in [0.2, 0.25) is 5.95 Å². The summed E-state index contributed by atoms with van der Waals surface area (Å²) in [7, 11) is 0. The Morgan fingerprint density at radius 3 is 2.87 bits per heavy atom. The molecule has 82 valence electrons. The van der Waals surface area contributed by atoms with Crippen LogP contribution in [0.25, 0.3) is 0 Å². The van der Waals surface area contributed by atoms with E-state index >= 15 is 0 Å². The Labute approximate surface area is 90.1 Å². The first-order valence-corrected chi connectivity index (χ1v) is 5.70. The van der Waals surface area contributed by atoms with E-state index in [-0.39, 0.29) is 5.95 Å². The molecule has 0 bridgehead atoms. The number of hydrogen-bond donors (Lipinski definition) is 0. The van der Waals surface area contributed by atoms with Crippen LogP contribution in [-0.2, 0) is 0 Å². The predicted octanol–water partition coefficient (Wildman–Crippen LogP) is 2.99. The van der Waals surface area contributed by atoms with Gasteiger partial charge in [-0.2, -0.15) is 4.39 Å². The average Bonchev–Trinajstić information content (AvgIpc) is 3.03. The van der Waals surface area contributed by atoms with E-state index in [1.54, 1.807) is 6.07 Å². The van der Waals surface area contributed by atoms with Gasteiger partial charge in [0, 0.05) is 12.6 Å². The van der Waals surface area contributed by atoms with E-state index < -0.39 is 0 Å². The van der Waals surface area contributed by atoms with Crippen LogP contribution < -0.4 is 4.90 Å². The van der Waals surface area contributed by atoms with Crippen molar-refractivity contribution in [2.45, 2.75) is 38.6 Å². The zero-order valence-electron chi connectivity index (χ0n) is 9.12. The molecule has 0 aliphatic heterocycles. The summed E-state index contributed by atoms with van der Waals surface area (Å²) in [6.07, 6.45) is 4.76. The minimum Gasteiger partial charge on any atom is -0.354 e. The number of unbranched alkanes of at least 4 members (excludes halogenated alkanes) is 1. The van der Waals surface area contributed by atoms with E-state index in [4.69, 9.17) is 0 Å². The summed E-state index contributed by atoms with van der Waals surface area (Å²) in [5.74, 6) is 0.417. The predicted molar refractivity (Wildman–Crippen MR) is 59.5 cm³/mol. The molecule has 0 spiro atoms. The highest BCUT2D eigenvalue weighted by Gasteiger charge is 2.29. The molecule has 0 unspecified atom stereocenters. The molecule has 0 atom stereocenters. The van der Waals surface area contributed by atoms with E-state index in [1.807, 2.05) is 6.07 Å². The summed E-state index contributed by atoms with van der Waals surface area (Å²) in [6.45, 7) is 3.17. The smallest absolute Gasteiger partial charge is 0.214 e. The summed E-state index contributed by atoms with van der Waals surface area (Å²) < 4.78 is 13.0. The van der Waals surface area contributed by atoms with Crippen LogP contribution in [0, 0.1) is 5.95 Å². The summed E-state index contributed by atoms with van der Waals surface area (Å²) in [6, 6.07) is 5.63. The molecular weight excluding hydrogens is 191 g/mol. The van der Waals surface area contributed by atoms with Gasteiger partial charge in [-0.3, -0.25) is 0 Å².